The average Bonchev–Trinajstić information content (AvgIpc) is 3.11. The van der Waals surface area contributed by atoms with Crippen molar-refractivity contribution in [1.82, 2.24) is 9.88 Å². The normalized spacial score (nSPS) is 16.9. The number of carbonyl (C=O) groups excluding carboxylic acids is 1. The molecule has 0 bridgehead atoms. The molecule has 2 aromatic carbocycles. The molecular weight excluding hydrogens is 524 g/mol. The van der Waals surface area contributed by atoms with Crippen molar-refractivity contribution in [2.45, 2.75) is 58.0 Å². The molecule has 1 saturated heterocycles. The molecule has 6 nitrogen and oxygen atoms in total. The third-order valence-electron chi connectivity index (χ3n) is 7.68. The van der Waals surface area contributed by atoms with Crippen molar-refractivity contribution in [3.05, 3.63) is 88.6 Å². The Bertz CT molecular complexity index is 1360. The number of nitrogens with zero attached hydrogens (tertiary/aromatic N) is 2. The van der Waals surface area contributed by atoms with Gasteiger partial charge < -0.3 is 19.1 Å². The number of allylic oxidation sites excluding steroid dienone is 1. The van der Waals surface area contributed by atoms with E-state index in [1.54, 1.807) is 27.0 Å². The molecule has 0 spiro atoms. The molecule has 0 N–H and O–H groups in total. The summed E-state index contributed by atoms with van der Waals surface area (Å²) in [5.41, 5.74) is 3.27. The van der Waals surface area contributed by atoms with Gasteiger partial charge in [0.05, 0.1) is 6.61 Å². The van der Waals surface area contributed by atoms with Crippen LogP contribution in [0.4, 0.5) is 0 Å². The summed E-state index contributed by atoms with van der Waals surface area (Å²) in [5, 5.41) is 0.791. The van der Waals surface area contributed by atoms with E-state index in [9.17, 15) is 4.79 Å². The lowest BCUT2D eigenvalue weighted by atomic mass is 9.89. The number of fused-ring (bicyclic) bond motifs is 2. The molecule has 2 aliphatic heterocycles. The summed E-state index contributed by atoms with van der Waals surface area (Å²) in [5.74, 6) is 2.07. The van der Waals surface area contributed by atoms with Gasteiger partial charge in [-0.2, -0.15) is 0 Å². The maximum absolute atomic E-state index is 12.5. The Labute approximate surface area is 241 Å². The van der Waals surface area contributed by atoms with Crippen molar-refractivity contribution >= 4 is 23.1 Å². The van der Waals surface area contributed by atoms with E-state index in [0.717, 1.165) is 60.6 Å². The number of rotatable bonds is 8. The zero-order chi connectivity index (χ0) is 28.1. The number of benzene rings is 2. The molecule has 0 unspecified atom stereocenters. The summed E-state index contributed by atoms with van der Waals surface area (Å²) in [6, 6.07) is 18.0. The smallest absolute Gasteiger partial charge is 0.349 e. The quantitative estimate of drug-likeness (QED) is 0.266. The van der Waals surface area contributed by atoms with Gasteiger partial charge in [-0.05, 0) is 107 Å². The van der Waals surface area contributed by atoms with Crippen LogP contribution >= 0.6 is 11.6 Å². The van der Waals surface area contributed by atoms with Gasteiger partial charge in [0, 0.05) is 35.3 Å². The molecule has 2 aliphatic rings. The zero-order valence-corrected chi connectivity index (χ0v) is 24.2. The van der Waals surface area contributed by atoms with E-state index in [-0.39, 0.29) is 0 Å². The number of hydrogen-bond donors (Lipinski definition) is 0. The summed E-state index contributed by atoms with van der Waals surface area (Å²) in [6.07, 6.45) is 7.89. The number of hydrogen-bond acceptors (Lipinski definition) is 6. The van der Waals surface area contributed by atoms with Crippen LogP contribution in [0.25, 0.3) is 5.57 Å². The minimum atomic E-state index is -1.13. The Morgan fingerprint density at radius 1 is 1.12 bits per heavy atom. The highest BCUT2D eigenvalue weighted by atomic mass is 35.5. The van der Waals surface area contributed by atoms with Crippen molar-refractivity contribution in [3.63, 3.8) is 0 Å². The van der Waals surface area contributed by atoms with Gasteiger partial charge in [-0.25, -0.2) is 9.78 Å². The Balaban J connectivity index is 1.30. The van der Waals surface area contributed by atoms with Crippen LogP contribution in [-0.4, -0.2) is 47.7 Å². The van der Waals surface area contributed by atoms with Gasteiger partial charge in [-0.15, -0.1) is 0 Å². The SMILES string of the molecule is CCOC(=O)C(C)(C)Oc1cccc2c1CC(=CCCN1CCC(c3ccc(Cl)cc3)CC1)c1cccnc1O2. The van der Waals surface area contributed by atoms with Crippen LogP contribution in [0.2, 0.25) is 5.02 Å². The fourth-order valence-electron chi connectivity index (χ4n) is 5.47. The Morgan fingerprint density at radius 3 is 2.65 bits per heavy atom. The van der Waals surface area contributed by atoms with Crippen LogP contribution in [0, 0.1) is 0 Å². The van der Waals surface area contributed by atoms with Crippen LogP contribution in [0.5, 0.6) is 17.4 Å². The summed E-state index contributed by atoms with van der Waals surface area (Å²) in [6.45, 7) is 8.71. The topological polar surface area (TPSA) is 60.9 Å². The van der Waals surface area contributed by atoms with Gasteiger partial charge in [0.1, 0.15) is 11.5 Å². The highest BCUT2D eigenvalue weighted by Gasteiger charge is 2.33. The lowest BCUT2D eigenvalue weighted by molar-refractivity contribution is -0.158. The molecule has 0 radical (unpaired) electrons. The van der Waals surface area contributed by atoms with Crippen LogP contribution < -0.4 is 9.47 Å². The number of ether oxygens (including phenoxy) is 3. The third kappa shape index (κ3) is 6.51. The number of esters is 1. The Morgan fingerprint density at radius 2 is 1.90 bits per heavy atom. The first kappa shape index (κ1) is 28.2. The molecule has 0 saturated carbocycles. The van der Waals surface area contributed by atoms with Gasteiger partial charge in [0.2, 0.25) is 5.88 Å². The van der Waals surface area contributed by atoms with Crippen molar-refractivity contribution in [3.8, 4) is 17.4 Å². The van der Waals surface area contributed by atoms with Crippen molar-refractivity contribution < 1.29 is 19.0 Å². The second-order valence-corrected chi connectivity index (χ2v) is 11.3. The molecule has 0 aliphatic carbocycles. The zero-order valence-electron chi connectivity index (χ0n) is 23.5. The molecule has 5 rings (SSSR count). The minimum absolute atomic E-state index is 0.300. The fourth-order valence-corrected chi connectivity index (χ4v) is 5.59. The fraction of sp³-hybridized carbons (Fsp3) is 0.394. The highest BCUT2D eigenvalue weighted by molar-refractivity contribution is 6.30. The van der Waals surface area contributed by atoms with Gasteiger partial charge >= 0.3 is 5.97 Å². The maximum atomic E-state index is 12.5. The molecular formula is C33H37ClN2O4. The summed E-state index contributed by atoms with van der Waals surface area (Å²) in [4.78, 5) is 19.6. The predicted molar refractivity (Wildman–Crippen MR) is 158 cm³/mol. The molecule has 1 aromatic heterocycles. The molecule has 3 heterocycles. The molecule has 0 amide bonds. The number of likely N-dealkylation sites (tertiary alicyclic amines) is 1. The monoisotopic (exact) mass is 560 g/mol. The Kier molecular flexibility index (Phi) is 8.77. The number of carbonyl (C=O) groups is 1. The Hall–Kier alpha value is -3.35. The van der Waals surface area contributed by atoms with Crippen LogP contribution in [0.1, 0.15) is 62.6 Å². The second kappa shape index (κ2) is 12.4. The van der Waals surface area contributed by atoms with E-state index in [1.165, 1.54) is 5.56 Å². The van der Waals surface area contributed by atoms with Crippen molar-refractivity contribution in [2.24, 2.45) is 0 Å². The van der Waals surface area contributed by atoms with Gasteiger partial charge in [0.15, 0.2) is 5.60 Å². The molecule has 40 heavy (non-hydrogen) atoms. The van der Waals surface area contributed by atoms with E-state index < -0.39 is 11.6 Å². The van der Waals surface area contributed by atoms with Crippen molar-refractivity contribution in [2.75, 3.05) is 26.2 Å². The standard InChI is InChI=1S/C33H37ClN2O4/c1-4-38-32(37)33(2,3)40-30-11-5-10-29-28(30)22-25(27-9-6-18-35-31(27)39-29)8-7-19-36-20-16-24(17-21-36)23-12-14-26(34)15-13-23/h5-6,8-15,18,24H,4,7,16-17,19-22H2,1-3H3. The molecule has 3 aromatic rings. The van der Waals surface area contributed by atoms with Gasteiger partial charge in [0.25, 0.3) is 0 Å². The predicted octanol–water partition coefficient (Wildman–Crippen LogP) is 7.46. The van der Waals surface area contributed by atoms with Gasteiger partial charge in [-0.1, -0.05) is 35.9 Å². The van der Waals surface area contributed by atoms with Crippen LogP contribution in [0.3, 0.4) is 0 Å². The lowest BCUT2D eigenvalue weighted by Crippen LogP contribution is -2.40. The van der Waals surface area contributed by atoms with Crippen LogP contribution in [0.15, 0.2) is 66.9 Å². The first-order chi connectivity index (χ1) is 19.3. The van der Waals surface area contributed by atoms with E-state index in [4.69, 9.17) is 25.8 Å². The minimum Gasteiger partial charge on any atom is -0.476 e. The average molecular weight is 561 g/mol. The summed E-state index contributed by atoms with van der Waals surface area (Å²) in [7, 11) is 0. The largest absolute Gasteiger partial charge is 0.476 e. The van der Waals surface area contributed by atoms with Crippen molar-refractivity contribution in [1.29, 1.82) is 0 Å². The maximum Gasteiger partial charge on any atom is 0.349 e. The molecule has 210 valence electrons. The molecule has 1 fully saturated rings. The third-order valence-corrected chi connectivity index (χ3v) is 7.93. The van der Waals surface area contributed by atoms with Gasteiger partial charge in [-0.3, -0.25) is 0 Å². The van der Waals surface area contributed by atoms with E-state index in [1.807, 2.05) is 36.4 Å². The molecule has 7 heteroatoms. The first-order valence-electron chi connectivity index (χ1n) is 14.1. The number of aromatic nitrogens is 1. The van der Waals surface area contributed by atoms with Crippen LogP contribution in [-0.2, 0) is 16.0 Å². The van der Waals surface area contributed by atoms with E-state index in [0.29, 0.717) is 36.3 Å². The number of pyridine rings is 1. The first-order valence-corrected chi connectivity index (χ1v) is 14.5. The lowest BCUT2D eigenvalue weighted by Gasteiger charge is -2.32. The number of halogens is 1. The summed E-state index contributed by atoms with van der Waals surface area (Å²) < 4.78 is 17.8. The van der Waals surface area contributed by atoms with E-state index >= 15 is 0 Å². The highest BCUT2D eigenvalue weighted by Crippen LogP contribution is 2.42. The summed E-state index contributed by atoms with van der Waals surface area (Å²) >= 11 is 6.07. The second-order valence-electron chi connectivity index (χ2n) is 10.9. The molecule has 0 atom stereocenters. The number of piperidine rings is 1. The van der Waals surface area contributed by atoms with E-state index in [2.05, 4.69) is 34.2 Å².